The molecule has 0 unspecified atom stereocenters. The molecular formula is C22H27N5O. The molecule has 0 saturated carbocycles. The van der Waals surface area contributed by atoms with Crippen LogP contribution in [0.25, 0.3) is 0 Å². The fraction of sp³-hybridized carbons (Fsp3) is 0.364. The number of hydrogen-bond donors (Lipinski definition) is 2. The van der Waals surface area contributed by atoms with Crippen molar-refractivity contribution < 1.29 is 4.79 Å². The molecule has 1 aliphatic heterocycles. The van der Waals surface area contributed by atoms with Gasteiger partial charge in [-0.1, -0.05) is 13.0 Å². The second-order valence-electron chi connectivity index (χ2n) is 7.02. The van der Waals surface area contributed by atoms with Crippen molar-refractivity contribution in [3.05, 3.63) is 54.1 Å². The predicted molar refractivity (Wildman–Crippen MR) is 114 cm³/mol. The minimum atomic E-state index is -0.398. The van der Waals surface area contributed by atoms with Crippen LogP contribution in [0.4, 0.5) is 17.1 Å². The van der Waals surface area contributed by atoms with Crippen molar-refractivity contribution in [1.29, 1.82) is 5.26 Å². The number of nitrogens with zero attached hydrogens (tertiary/aromatic N) is 3. The summed E-state index contributed by atoms with van der Waals surface area (Å²) in [4.78, 5) is 17.3. The first-order valence-electron chi connectivity index (χ1n) is 9.74. The highest BCUT2D eigenvalue weighted by molar-refractivity contribution is 5.96. The van der Waals surface area contributed by atoms with Crippen LogP contribution in [0, 0.1) is 11.3 Å². The third-order valence-corrected chi connectivity index (χ3v) is 5.09. The van der Waals surface area contributed by atoms with Crippen LogP contribution in [0.15, 0.2) is 48.5 Å². The predicted octanol–water partition coefficient (Wildman–Crippen LogP) is 3.14. The molecule has 0 spiro atoms. The molecule has 0 aromatic heterocycles. The number of anilines is 3. The van der Waals surface area contributed by atoms with Gasteiger partial charge in [0.25, 0.3) is 0 Å². The van der Waals surface area contributed by atoms with Crippen molar-refractivity contribution in [1.82, 2.24) is 4.90 Å². The fourth-order valence-electron chi connectivity index (χ4n) is 3.32. The van der Waals surface area contributed by atoms with Crippen molar-refractivity contribution >= 4 is 23.0 Å². The first kappa shape index (κ1) is 19.7. The van der Waals surface area contributed by atoms with Gasteiger partial charge in [0.05, 0.1) is 11.6 Å². The molecule has 0 aliphatic carbocycles. The van der Waals surface area contributed by atoms with Gasteiger partial charge in [0.2, 0.25) is 5.91 Å². The molecule has 1 amide bonds. The van der Waals surface area contributed by atoms with Gasteiger partial charge < -0.3 is 20.4 Å². The zero-order valence-electron chi connectivity index (χ0n) is 16.5. The van der Waals surface area contributed by atoms with Gasteiger partial charge in [0, 0.05) is 43.2 Å². The van der Waals surface area contributed by atoms with Crippen LogP contribution in [0.5, 0.6) is 0 Å². The van der Waals surface area contributed by atoms with Crippen LogP contribution in [-0.4, -0.2) is 49.6 Å². The van der Waals surface area contributed by atoms with Gasteiger partial charge in [-0.2, -0.15) is 5.26 Å². The Labute approximate surface area is 166 Å². The number of amides is 1. The van der Waals surface area contributed by atoms with E-state index in [0.717, 1.165) is 38.4 Å². The van der Waals surface area contributed by atoms with Crippen LogP contribution < -0.4 is 15.5 Å². The Hall–Kier alpha value is -3.04. The number of nitriles is 1. The molecule has 1 heterocycles. The fourth-order valence-corrected chi connectivity index (χ4v) is 3.32. The number of piperazine rings is 1. The summed E-state index contributed by atoms with van der Waals surface area (Å²) in [5.41, 5.74) is 3.27. The maximum atomic E-state index is 12.4. The standard InChI is InChI=1S/C22H27N5O/c1-3-26-11-13-27(14-12-26)21-9-7-19(8-10-21)24-17(2)22(28)25-20-6-4-5-18(15-20)16-23/h4-10,15,17,24H,3,11-14H2,1-2H3,(H,25,28)/t17-/m0/s1. The molecule has 2 N–H and O–H groups in total. The highest BCUT2D eigenvalue weighted by atomic mass is 16.2. The maximum Gasteiger partial charge on any atom is 0.246 e. The molecule has 3 rings (SSSR count). The van der Waals surface area contributed by atoms with Gasteiger partial charge in [0.1, 0.15) is 6.04 Å². The Bertz CT molecular complexity index is 835. The van der Waals surface area contributed by atoms with E-state index in [2.05, 4.69) is 45.6 Å². The van der Waals surface area contributed by atoms with Crippen molar-refractivity contribution in [2.75, 3.05) is 48.3 Å². The maximum absolute atomic E-state index is 12.4. The first-order valence-corrected chi connectivity index (χ1v) is 9.74. The SMILES string of the molecule is CCN1CCN(c2ccc(N[C@@H](C)C(=O)Nc3cccc(C#N)c3)cc2)CC1. The van der Waals surface area contributed by atoms with Crippen LogP contribution in [0.3, 0.4) is 0 Å². The van der Waals surface area contributed by atoms with Gasteiger partial charge >= 0.3 is 0 Å². The van der Waals surface area contributed by atoms with E-state index in [9.17, 15) is 4.79 Å². The molecule has 6 nitrogen and oxygen atoms in total. The number of likely N-dealkylation sites (N-methyl/N-ethyl adjacent to an activating group) is 1. The van der Waals surface area contributed by atoms with Crippen molar-refractivity contribution in [2.45, 2.75) is 19.9 Å². The number of benzene rings is 2. The highest BCUT2D eigenvalue weighted by Gasteiger charge is 2.16. The number of nitrogens with one attached hydrogen (secondary N) is 2. The lowest BCUT2D eigenvalue weighted by atomic mass is 10.2. The second kappa shape index (κ2) is 9.25. The van der Waals surface area contributed by atoms with Crippen molar-refractivity contribution in [3.63, 3.8) is 0 Å². The zero-order chi connectivity index (χ0) is 19.9. The lowest BCUT2D eigenvalue weighted by Crippen LogP contribution is -2.46. The lowest BCUT2D eigenvalue weighted by molar-refractivity contribution is -0.116. The molecule has 1 aliphatic rings. The Balaban J connectivity index is 1.54. The number of hydrogen-bond acceptors (Lipinski definition) is 5. The monoisotopic (exact) mass is 377 g/mol. The normalized spacial score (nSPS) is 15.5. The Morgan fingerprint density at radius 3 is 2.46 bits per heavy atom. The summed E-state index contributed by atoms with van der Waals surface area (Å²) < 4.78 is 0. The minimum Gasteiger partial charge on any atom is -0.374 e. The third kappa shape index (κ3) is 5.02. The van der Waals surface area contributed by atoms with Gasteiger partial charge in [-0.3, -0.25) is 4.79 Å². The van der Waals surface area contributed by atoms with Crippen LogP contribution in [-0.2, 0) is 4.79 Å². The molecule has 0 bridgehead atoms. The Kier molecular flexibility index (Phi) is 6.51. The summed E-state index contributed by atoms with van der Waals surface area (Å²) in [6, 6.07) is 16.8. The largest absolute Gasteiger partial charge is 0.374 e. The summed E-state index contributed by atoms with van der Waals surface area (Å²) in [6.07, 6.45) is 0. The van der Waals surface area contributed by atoms with Crippen LogP contribution in [0.1, 0.15) is 19.4 Å². The van der Waals surface area contributed by atoms with Crippen LogP contribution >= 0.6 is 0 Å². The third-order valence-electron chi connectivity index (χ3n) is 5.09. The second-order valence-corrected chi connectivity index (χ2v) is 7.02. The average Bonchev–Trinajstić information content (AvgIpc) is 2.74. The lowest BCUT2D eigenvalue weighted by Gasteiger charge is -2.35. The van der Waals surface area contributed by atoms with Gasteiger partial charge in [-0.15, -0.1) is 0 Å². The minimum absolute atomic E-state index is 0.144. The first-order chi connectivity index (χ1) is 13.6. The molecule has 1 saturated heterocycles. The summed E-state index contributed by atoms with van der Waals surface area (Å²) in [5.74, 6) is -0.144. The molecule has 0 radical (unpaired) electrons. The Morgan fingerprint density at radius 1 is 1.11 bits per heavy atom. The average molecular weight is 377 g/mol. The molecule has 28 heavy (non-hydrogen) atoms. The molecule has 6 heteroatoms. The van der Waals surface area contributed by atoms with Crippen molar-refractivity contribution in [2.24, 2.45) is 0 Å². The number of carbonyl (C=O) groups is 1. The Morgan fingerprint density at radius 2 is 1.82 bits per heavy atom. The van der Waals surface area contributed by atoms with E-state index in [-0.39, 0.29) is 5.91 Å². The van der Waals surface area contributed by atoms with E-state index in [1.54, 1.807) is 24.3 Å². The summed E-state index contributed by atoms with van der Waals surface area (Å²) >= 11 is 0. The summed E-state index contributed by atoms with van der Waals surface area (Å²) in [6.45, 7) is 9.41. The van der Waals surface area contributed by atoms with E-state index < -0.39 is 6.04 Å². The van der Waals surface area contributed by atoms with E-state index in [0.29, 0.717) is 11.3 Å². The van der Waals surface area contributed by atoms with Crippen molar-refractivity contribution in [3.8, 4) is 6.07 Å². The molecule has 2 aromatic carbocycles. The topological polar surface area (TPSA) is 71.4 Å². The summed E-state index contributed by atoms with van der Waals surface area (Å²) in [7, 11) is 0. The zero-order valence-corrected chi connectivity index (χ0v) is 16.5. The molecule has 1 atom stereocenters. The molecule has 1 fully saturated rings. The van der Waals surface area contributed by atoms with Gasteiger partial charge in [-0.25, -0.2) is 0 Å². The quantitative estimate of drug-likeness (QED) is 0.809. The van der Waals surface area contributed by atoms with E-state index in [1.165, 1.54) is 5.69 Å². The molecule has 2 aromatic rings. The smallest absolute Gasteiger partial charge is 0.246 e. The van der Waals surface area contributed by atoms with Gasteiger partial charge in [-0.05, 0) is 55.9 Å². The summed E-state index contributed by atoms with van der Waals surface area (Å²) in [5, 5.41) is 15.0. The number of rotatable bonds is 6. The molecule has 146 valence electrons. The van der Waals surface area contributed by atoms with Gasteiger partial charge in [0.15, 0.2) is 0 Å². The number of carbonyl (C=O) groups excluding carboxylic acids is 1. The van der Waals surface area contributed by atoms with Crippen LogP contribution in [0.2, 0.25) is 0 Å². The highest BCUT2D eigenvalue weighted by Crippen LogP contribution is 2.20. The molecular weight excluding hydrogens is 350 g/mol. The van der Waals surface area contributed by atoms with E-state index in [4.69, 9.17) is 5.26 Å². The van der Waals surface area contributed by atoms with E-state index >= 15 is 0 Å². The van der Waals surface area contributed by atoms with E-state index in [1.807, 2.05) is 19.1 Å².